The lowest BCUT2D eigenvalue weighted by Crippen LogP contribution is -2.08. The van der Waals surface area contributed by atoms with Crippen LogP contribution in [0.2, 0.25) is 0 Å². The number of hydrogen-bond acceptors (Lipinski definition) is 10. The number of aryl methyl sites for hydroxylation is 1. The van der Waals surface area contributed by atoms with Crippen molar-refractivity contribution in [2.75, 3.05) is 28.4 Å². The zero-order valence-corrected chi connectivity index (χ0v) is 18.5. The Balaban J connectivity index is 1.77. The monoisotopic (exact) mass is 445 g/mol. The van der Waals surface area contributed by atoms with Crippen LogP contribution in [0.15, 0.2) is 16.5 Å². The lowest BCUT2D eigenvalue weighted by atomic mass is 10.1. The number of nitrogens with zero attached hydrogens (tertiary/aromatic N) is 2. The van der Waals surface area contributed by atoms with E-state index in [4.69, 9.17) is 28.1 Å². The highest BCUT2D eigenvalue weighted by atomic mass is 16.5. The largest absolute Gasteiger partial charge is 0.493 e. The third-order valence-corrected chi connectivity index (χ3v) is 4.74. The van der Waals surface area contributed by atoms with Gasteiger partial charge in [0.1, 0.15) is 5.69 Å². The first kappa shape index (κ1) is 22.7. The summed E-state index contributed by atoms with van der Waals surface area (Å²) >= 11 is 0. The van der Waals surface area contributed by atoms with Crippen molar-refractivity contribution in [1.82, 2.24) is 15.2 Å². The van der Waals surface area contributed by atoms with Crippen LogP contribution in [-0.4, -0.2) is 55.6 Å². The Morgan fingerprint density at radius 3 is 2.19 bits per heavy atom. The van der Waals surface area contributed by atoms with Gasteiger partial charge in [-0.3, -0.25) is 0 Å². The number of carbonyl (C=O) groups excluding carboxylic acids is 2. The van der Waals surface area contributed by atoms with Gasteiger partial charge in [-0.2, -0.15) is 0 Å². The summed E-state index contributed by atoms with van der Waals surface area (Å²) < 4.78 is 31.6. The van der Waals surface area contributed by atoms with E-state index in [1.54, 1.807) is 26.0 Å². The molecule has 0 atom stereocenters. The summed E-state index contributed by atoms with van der Waals surface area (Å²) in [6.07, 6.45) is 0. The zero-order valence-electron chi connectivity index (χ0n) is 18.5. The first-order chi connectivity index (χ1) is 15.3. The van der Waals surface area contributed by atoms with Crippen molar-refractivity contribution in [2.24, 2.45) is 0 Å². The fourth-order valence-electron chi connectivity index (χ4n) is 3.19. The molecule has 0 aliphatic heterocycles. The molecule has 1 aromatic carbocycles. The van der Waals surface area contributed by atoms with Crippen LogP contribution in [0.25, 0.3) is 11.5 Å². The third kappa shape index (κ3) is 4.22. The summed E-state index contributed by atoms with van der Waals surface area (Å²) in [5.74, 6) is 0.316. The summed E-state index contributed by atoms with van der Waals surface area (Å²) in [5.41, 5.74) is 1.91. The van der Waals surface area contributed by atoms with Gasteiger partial charge in [0.05, 0.1) is 34.0 Å². The molecule has 0 saturated carbocycles. The average molecular weight is 445 g/mol. The van der Waals surface area contributed by atoms with Gasteiger partial charge in [-0.25, -0.2) is 9.59 Å². The molecular weight excluding hydrogens is 422 g/mol. The van der Waals surface area contributed by atoms with Crippen LogP contribution in [0.5, 0.6) is 17.2 Å². The summed E-state index contributed by atoms with van der Waals surface area (Å²) in [5, 5.41) is 7.89. The number of H-pyrrole nitrogens is 1. The second-order valence-corrected chi connectivity index (χ2v) is 6.61. The number of esters is 2. The number of carbonyl (C=O) groups is 2. The van der Waals surface area contributed by atoms with Crippen LogP contribution < -0.4 is 14.2 Å². The van der Waals surface area contributed by atoms with Crippen molar-refractivity contribution in [2.45, 2.75) is 20.5 Å². The molecule has 11 heteroatoms. The zero-order chi connectivity index (χ0) is 23.4. The number of aromatic amines is 1. The maximum absolute atomic E-state index is 12.5. The quantitative estimate of drug-likeness (QED) is 0.516. The third-order valence-electron chi connectivity index (χ3n) is 4.74. The summed E-state index contributed by atoms with van der Waals surface area (Å²) in [6.45, 7) is 3.03. The first-order valence-electron chi connectivity index (χ1n) is 9.41. The highest BCUT2D eigenvalue weighted by molar-refractivity contribution is 5.98. The molecule has 3 aromatic rings. The Kier molecular flexibility index (Phi) is 6.67. The number of aromatic nitrogens is 3. The van der Waals surface area contributed by atoms with E-state index in [0.717, 1.165) is 0 Å². The first-order valence-corrected chi connectivity index (χ1v) is 9.41. The van der Waals surface area contributed by atoms with Crippen molar-refractivity contribution in [3.8, 4) is 28.7 Å². The van der Waals surface area contributed by atoms with Gasteiger partial charge in [0, 0.05) is 11.3 Å². The predicted octanol–water partition coefficient (Wildman–Crippen LogP) is 2.85. The number of hydrogen-bond donors (Lipinski definition) is 1. The number of ether oxygens (including phenoxy) is 5. The summed E-state index contributed by atoms with van der Waals surface area (Å²) in [6, 6.07) is 3.31. The fraction of sp³-hybridized carbons (Fsp3) is 0.333. The molecule has 0 aliphatic carbocycles. The Bertz CT molecular complexity index is 1120. The van der Waals surface area contributed by atoms with Crippen LogP contribution in [-0.2, 0) is 16.1 Å². The van der Waals surface area contributed by atoms with Crippen LogP contribution in [0.3, 0.4) is 0 Å². The van der Waals surface area contributed by atoms with Crippen molar-refractivity contribution in [3.63, 3.8) is 0 Å². The van der Waals surface area contributed by atoms with Crippen LogP contribution >= 0.6 is 0 Å². The maximum atomic E-state index is 12.5. The van der Waals surface area contributed by atoms with Crippen LogP contribution in [0.1, 0.15) is 38.0 Å². The second-order valence-electron chi connectivity index (χ2n) is 6.61. The van der Waals surface area contributed by atoms with Gasteiger partial charge in [-0.1, -0.05) is 0 Å². The standard InChI is InChI=1S/C21H23N3O8/c1-10-16(20(25)30-6)11(2)22-17(10)21(26)31-9-15-23-24-19(32-15)12-7-13(27-3)18(29-5)14(8-12)28-4/h7-8,22H,9H2,1-6H3. The van der Waals surface area contributed by atoms with Gasteiger partial charge in [0.15, 0.2) is 18.1 Å². The molecule has 3 rings (SSSR count). The minimum absolute atomic E-state index is 0.0798. The lowest BCUT2D eigenvalue weighted by molar-refractivity contribution is 0.0431. The molecule has 0 aliphatic rings. The Morgan fingerprint density at radius 1 is 0.969 bits per heavy atom. The van der Waals surface area contributed by atoms with Crippen molar-refractivity contribution < 1.29 is 37.7 Å². The Labute approximate surface area is 183 Å². The highest BCUT2D eigenvalue weighted by Crippen LogP contribution is 2.40. The Morgan fingerprint density at radius 2 is 1.62 bits per heavy atom. The number of benzene rings is 1. The molecule has 0 bridgehead atoms. The SMILES string of the molecule is COC(=O)c1c(C)[nH]c(C(=O)OCc2nnc(-c3cc(OC)c(OC)c(OC)c3)o2)c1C. The van der Waals surface area contributed by atoms with E-state index < -0.39 is 11.9 Å². The topological polar surface area (TPSA) is 135 Å². The minimum atomic E-state index is -0.673. The van der Waals surface area contributed by atoms with Gasteiger partial charge in [-0.15, -0.1) is 10.2 Å². The maximum Gasteiger partial charge on any atom is 0.355 e. The number of nitrogens with one attached hydrogen (secondary N) is 1. The van der Waals surface area contributed by atoms with E-state index >= 15 is 0 Å². The number of rotatable bonds is 8. The van der Waals surface area contributed by atoms with E-state index in [1.807, 2.05) is 0 Å². The molecule has 0 unspecified atom stereocenters. The van der Waals surface area contributed by atoms with Gasteiger partial charge < -0.3 is 33.1 Å². The Hall–Kier alpha value is -4.02. The summed E-state index contributed by atoms with van der Waals surface area (Å²) in [7, 11) is 5.76. The average Bonchev–Trinajstić information content (AvgIpc) is 3.39. The molecule has 0 fully saturated rings. The second kappa shape index (κ2) is 9.41. The van der Waals surface area contributed by atoms with Gasteiger partial charge in [-0.05, 0) is 31.5 Å². The fourth-order valence-corrected chi connectivity index (χ4v) is 3.19. The van der Waals surface area contributed by atoms with E-state index in [1.165, 1.54) is 28.4 Å². The smallest absolute Gasteiger partial charge is 0.355 e. The highest BCUT2D eigenvalue weighted by Gasteiger charge is 2.24. The van der Waals surface area contributed by atoms with Gasteiger partial charge >= 0.3 is 11.9 Å². The van der Waals surface area contributed by atoms with E-state index in [9.17, 15) is 9.59 Å². The minimum Gasteiger partial charge on any atom is -0.493 e. The molecule has 0 amide bonds. The normalized spacial score (nSPS) is 10.6. The summed E-state index contributed by atoms with van der Waals surface area (Å²) in [4.78, 5) is 27.2. The number of methoxy groups -OCH3 is 4. The molecule has 170 valence electrons. The van der Waals surface area contributed by atoms with E-state index in [2.05, 4.69) is 15.2 Å². The van der Waals surface area contributed by atoms with Crippen molar-refractivity contribution >= 4 is 11.9 Å². The molecule has 0 radical (unpaired) electrons. The van der Waals surface area contributed by atoms with Crippen LogP contribution in [0, 0.1) is 13.8 Å². The molecule has 1 N–H and O–H groups in total. The molecule has 2 aromatic heterocycles. The molecular formula is C21H23N3O8. The molecule has 2 heterocycles. The molecule has 0 spiro atoms. The van der Waals surface area contributed by atoms with Crippen molar-refractivity contribution in [1.29, 1.82) is 0 Å². The van der Waals surface area contributed by atoms with E-state index in [0.29, 0.717) is 39.6 Å². The van der Waals surface area contributed by atoms with Gasteiger partial charge in [0.25, 0.3) is 5.89 Å². The van der Waals surface area contributed by atoms with E-state index in [-0.39, 0.29) is 24.1 Å². The van der Waals surface area contributed by atoms with Crippen molar-refractivity contribution in [3.05, 3.63) is 40.5 Å². The predicted molar refractivity (Wildman–Crippen MR) is 110 cm³/mol. The lowest BCUT2D eigenvalue weighted by Gasteiger charge is -2.12. The van der Waals surface area contributed by atoms with Crippen LogP contribution in [0.4, 0.5) is 0 Å². The molecule has 0 saturated heterocycles. The van der Waals surface area contributed by atoms with Gasteiger partial charge in [0.2, 0.25) is 11.6 Å². The molecule has 11 nitrogen and oxygen atoms in total. The molecule has 32 heavy (non-hydrogen) atoms.